The number of aryl methyl sites for hydroxylation is 1. The Kier molecular flexibility index (Phi) is 12.7. The third-order valence-corrected chi connectivity index (χ3v) is 1.38. The Morgan fingerprint density at radius 2 is 1.38 bits per heavy atom. The van der Waals surface area contributed by atoms with Crippen molar-refractivity contribution >= 4 is 0 Å². The lowest BCUT2D eigenvalue weighted by atomic mass is 10.1. The van der Waals surface area contributed by atoms with E-state index in [9.17, 15) is 0 Å². The Labute approximate surface area is 84.0 Å². The third-order valence-electron chi connectivity index (χ3n) is 1.38. The SMILES string of the molecule is C.CCC.CCCc1ccccc1. The molecule has 1 aromatic rings. The van der Waals surface area contributed by atoms with Gasteiger partial charge in [0.2, 0.25) is 0 Å². The molecule has 0 aliphatic carbocycles. The molecule has 0 saturated carbocycles. The van der Waals surface area contributed by atoms with Crippen LogP contribution in [0.15, 0.2) is 30.3 Å². The molecule has 13 heavy (non-hydrogen) atoms. The number of rotatable bonds is 2. The molecule has 0 heterocycles. The lowest BCUT2D eigenvalue weighted by Gasteiger charge is -1.93. The van der Waals surface area contributed by atoms with Crippen LogP contribution < -0.4 is 0 Å². The quantitative estimate of drug-likeness (QED) is 0.619. The van der Waals surface area contributed by atoms with Crippen molar-refractivity contribution in [3.63, 3.8) is 0 Å². The van der Waals surface area contributed by atoms with Crippen LogP contribution in [0.25, 0.3) is 0 Å². The molecule has 0 aliphatic heterocycles. The summed E-state index contributed by atoms with van der Waals surface area (Å²) in [6, 6.07) is 10.6. The Morgan fingerprint density at radius 3 is 1.77 bits per heavy atom. The first kappa shape index (κ1) is 14.7. The predicted molar refractivity (Wildman–Crippen MR) is 63.1 cm³/mol. The molecule has 1 aromatic carbocycles. The van der Waals surface area contributed by atoms with Crippen molar-refractivity contribution < 1.29 is 0 Å². The van der Waals surface area contributed by atoms with E-state index in [1.807, 2.05) is 0 Å². The van der Waals surface area contributed by atoms with E-state index in [4.69, 9.17) is 0 Å². The molecular formula is C13H24. The minimum Gasteiger partial charge on any atom is -0.0776 e. The summed E-state index contributed by atoms with van der Waals surface area (Å²) in [6.45, 7) is 6.45. The van der Waals surface area contributed by atoms with E-state index in [2.05, 4.69) is 51.1 Å². The average Bonchev–Trinajstić information content (AvgIpc) is 2.08. The average molecular weight is 180 g/mol. The van der Waals surface area contributed by atoms with Crippen molar-refractivity contribution in [3.8, 4) is 0 Å². The van der Waals surface area contributed by atoms with E-state index >= 15 is 0 Å². The maximum Gasteiger partial charge on any atom is -0.0281 e. The lowest BCUT2D eigenvalue weighted by Crippen LogP contribution is -1.78. The van der Waals surface area contributed by atoms with Gasteiger partial charge in [0.1, 0.15) is 0 Å². The van der Waals surface area contributed by atoms with E-state index in [1.165, 1.54) is 24.8 Å². The van der Waals surface area contributed by atoms with Crippen molar-refractivity contribution in [2.45, 2.75) is 47.5 Å². The van der Waals surface area contributed by atoms with E-state index in [0.717, 1.165) is 0 Å². The van der Waals surface area contributed by atoms with Crippen LogP contribution in [0.1, 0.15) is 46.6 Å². The van der Waals surface area contributed by atoms with E-state index < -0.39 is 0 Å². The molecule has 0 saturated heterocycles. The van der Waals surface area contributed by atoms with Gasteiger partial charge in [-0.3, -0.25) is 0 Å². The van der Waals surface area contributed by atoms with Crippen LogP contribution in [0.5, 0.6) is 0 Å². The summed E-state index contributed by atoms with van der Waals surface area (Å²) in [4.78, 5) is 0. The molecule has 0 N–H and O–H groups in total. The van der Waals surface area contributed by atoms with E-state index in [-0.39, 0.29) is 7.43 Å². The minimum atomic E-state index is 0. The van der Waals surface area contributed by atoms with Crippen molar-refractivity contribution in [2.24, 2.45) is 0 Å². The fourth-order valence-corrected chi connectivity index (χ4v) is 0.933. The number of hydrogen-bond acceptors (Lipinski definition) is 0. The molecule has 0 nitrogen and oxygen atoms in total. The van der Waals surface area contributed by atoms with Gasteiger partial charge in [-0.2, -0.15) is 0 Å². The van der Waals surface area contributed by atoms with E-state index in [1.54, 1.807) is 0 Å². The number of hydrogen-bond donors (Lipinski definition) is 0. The summed E-state index contributed by atoms with van der Waals surface area (Å²) in [5, 5.41) is 0. The fraction of sp³-hybridized carbons (Fsp3) is 0.538. The van der Waals surface area contributed by atoms with Gasteiger partial charge in [0.05, 0.1) is 0 Å². The summed E-state index contributed by atoms with van der Waals surface area (Å²) < 4.78 is 0. The first-order chi connectivity index (χ1) is 5.85. The second kappa shape index (κ2) is 11.2. The van der Waals surface area contributed by atoms with Crippen molar-refractivity contribution in [1.82, 2.24) is 0 Å². The zero-order valence-electron chi connectivity index (χ0n) is 8.51. The molecule has 0 amide bonds. The summed E-state index contributed by atoms with van der Waals surface area (Å²) in [5.74, 6) is 0. The zero-order chi connectivity index (χ0) is 9.23. The summed E-state index contributed by atoms with van der Waals surface area (Å²) >= 11 is 0. The highest BCUT2D eigenvalue weighted by atomic mass is 13.9. The van der Waals surface area contributed by atoms with Crippen LogP contribution in [0.3, 0.4) is 0 Å². The van der Waals surface area contributed by atoms with Gasteiger partial charge in [-0.1, -0.05) is 71.4 Å². The second-order valence-corrected chi connectivity index (χ2v) is 2.94. The van der Waals surface area contributed by atoms with Gasteiger partial charge in [-0.15, -0.1) is 0 Å². The second-order valence-electron chi connectivity index (χ2n) is 2.94. The van der Waals surface area contributed by atoms with Crippen LogP contribution in [0.2, 0.25) is 0 Å². The minimum absolute atomic E-state index is 0. The Hall–Kier alpha value is -0.780. The van der Waals surface area contributed by atoms with Gasteiger partial charge in [0, 0.05) is 0 Å². The lowest BCUT2D eigenvalue weighted by molar-refractivity contribution is 0.922. The molecule has 76 valence electrons. The van der Waals surface area contributed by atoms with E-state index in [0.29, 0.717) is 0 Å². The van der Waals surface area contributed by atoms with Crippen LogP contribution in [0.4, 0.5) is 0 Å². The summed E-state index contributed by atoms with van der Waals surface area (Å²) in [7, 11) is 0. The Morgan fingerprint density at radius 1 is 0.923 bits per heavy atom. The normalized spacial score (nSPS) is 7.92. The highest BCUT2D eigenvalue weighted by Crippen LogP contribution is 2.00. The van der Waals surface area contributed by atoms with Gasteiger partial charge in [0.25, 0.3) is 0 Å². The smallest absolute Gasteiger partial charge is 0.0281 e. The standard InChI is InChI=1S/C9H12.C3H8.CH4/c1-2-6-9-7-4-3-5-8-9;1-3-2;/h3-5,7-8H,2,6H2,1H3;3H2,1-2H3;1H4. The maximum atomic E-state index is 2.20. The van der Waals surface area contributed by atoms with Gasteiger partial charge in [-0.25, -0.2) is 0 Å². The van der Waals surface area contributed by atoms with Gasteiger partial charge >= 0.3 is 0 Å². The topological polar surface area (TPSA) is 0 Å². The molecule has 0 heteroatoms. The van der Waals surface area contributed by atoms with Gasteiger partial charge in [-0.05, 0) is 12.0 Å². The molecule has 0 radical (unpaired) electrons. The predicted octanol–water partition coefficient (Wildman–Crippen LogP) is 4.69. The van der Waals surface area contributed by atoms with Crippen LogP contribution in [-0.4, -0.2) is 0 Å². The highest BCUT2D eigenvalue weighted by Gasteiger charge is 1.84. The zero-order valence-corrected chi connectivity index (χ0v) is 8.51. The first-order valence-corrected chi connectivity index (χ1v) is 4.89. The molecule has 0 atom stereocenters. The summed E-state index contributed by atoms with van der Waals surface area (Å²) in [6.07, 6.45) is 3.70. The maximum absolute atomic E-state index is 2.20. The highest BCUT2D eigenvalue weighted by molar-refractivity contribution is 5.14. The van der Waals surface area contributed by atoms with Gasteiger partial charge < -0.3 is 0 Å². The molecule has 0 spiro atoms. The Balaban J connectivity index is 0. The molecule has 0 unspecified atom stereocenters. The van der Waals surface area contributed by atoms with Crippen LogP contribution >= 0.6 is 0 Å². The molecule has 0 bridgehead atoms. The van der Waals surface area contributed by atoms with Gasteiger partial charge in [0.15, 0.2) is 0 Å². The Bertz CT molecular complexity index is 165. The van der Waals surface area contributed by atoms with Crippen LogP contribution in [-0.2, 0) is 6.42 Å². The molecule has 0 aromatic heterocycles. The molecule has 0 aliphatic rings. The van der Waals surface area contributed by atoms with Crippen molar-refractivity contribution in [3.05, 3.63) is 35.9 Å². The molecular weight excluding hydrogens is 156 g/mol. The monoisotopic (exact) mass is 180 g/mol. The third kappa shape index (κ3) is 9.13. The van der Waals surface area contributed by atoms with Crippen molar-refractivity contribution in [1.29, 1.82) is 0 Å². The fourth-order valence-electron chi connectivity index (χ4n) is 0.933. The first-order valence-electron chi connectivity index (χ1n) is 4.89. The number of benzene rings is 1. The largest absolute Gasteiger partial charge is 0.0776 e. The van der Waals surface area contributed by atoms with Crippen LogP contribution in [0, 0.1) is 0 Å². The summed E-state index contributed by atoms with van der Waals surface area (Å²) in [5.41, 5.74) is 1.44. The molecule has 1 rings (SSSR count). The van der Waals surface area contributed by atoms with Crippen molar-refractivity contribution in [2.75, 3.05) is 0 Å². The molecule has 0 fully saturated rings.